The molecule has 0 atom stereocenters. The smallest absolute Gasteiger partial charge is 0.348 e. The molecule has 7 aromatic rings. The molecule has 1 aromatic heterocycles. The molecule has 1 fully saturated rings. The van der Waals surface area contributed by atoms with E-state index in [0.29, 0.717) is 56.1 Å². The zero-order valence-corrected chi connectivity index (χ0v) is 29.7. The summed E-state index contributed by atoms with van der Waals surface area (Å²) in [5.74, 6) is 0.297. The molecule has 52 heavy (non-hydrogen) atoms. The number of rotatable bonds is 6. The van der Waals surface area contributed by atoms with E-state index in [0.717, 1.165) is 39.9 Å². The number of carbonyl (C=O) groups excluding carboxylic acids is 2. The molecule has 0 aliphatic heterocycles. The van der Waals surface area contributed by atoms with Crippen molar-refractivity contribution in [3.63, 3.8) is 0 Å². The third-order valence-corrected chi connectivity index (χ3v) is 10.1. The Kier molecular flexibility index (Phi) is 10.6. The number of anilines is 1. The van der Waals surface area contributed by atoms with Crippen molar-refractivity contribution in [1.82, 2.24) is 10.3 Å². The standard InChI is InChI=1S/C25H25ClN2O2.C18H10ClNO2/c26-21-14-7-15-22(23(21)25(30)27-16-17-8-2-1-3-9-17)28-24(29)20-13-6-11-18-10-4-5-12-19(18)20;19-14-9-4-10-15-16(14)18(21)22-17(20-15)13-8-3-6-11-5-1-2-7-12(11)13/h4-7,10-15,17H,1-3,8-9,16H2,(H,27,30)(H,28,29);1-10H. The van der Waals surface area contributed by atoms with E-state index in [1.54, 1.807) is 42.5 Å². The monoisotopic (exact) mass is 727 g/mol. The van der Waals surface area contributed by atoms with Gasteiger partial charge in [-0.15, -0.1) is 0 Å². The Morgan fingerprint density at radius 1 is 0.692 bits per heavy atom. The lowest BCUT2D eigenvalue weighted by atomic mass is 9.89. The van der Waals surface area contributed by atoms with Gasteiger partial charge in [-0.3, -0.25) is 9.59 Å². The molecule has 1 aliphatic carbocycles. The molecule has 6 aromatic carbocycles. The summed E-state index contributed by atoms with van der Waals surface area (Å²) in [7, 11) is 0. The summed E-state index contributed by atoms with van der Waals surface area (Å²) in [5, 5.41) is 10.8. The van der Waals surface area contributed by atoms with Crippen molar-refractivity contribution < 1.29 is 14.0 Å². The van der Waals surface area contributed by atoms with Crippen LogP contribution in [0, 0.1) is 5.92 Å². The van der Waals surface area contributed by atoms with Crippen LogP contribution >= 0.6 is 23.2 Å². The molecule has 0 unspecified atom stereocenters. The van der Waals surface area contributed by atoms with E-state index in [4.69, 9.17) is 27.6 Å². The van der Waals surface area contributed by atoms with Crippen LogP contribution in [0.25, 0.3) is 43.9 Å². The minimum Gasteiger partial charge on any atom is -0.403 e. The first-order chi connectivity index (χ1) is 25.4. The van der Waals surface area contributed by atoms with Crippen LogP contribution < -0.4 is 16.3 Å². The molecule has 0 spiro atoms. The quantitative estimate of drug-likeness (QED) is 0.178. The summed E-state index contributed by atoms with van der Waals surface area (Å²) in [6, 6.07) is 37.4. The molecule has 0 saturated heterocycles. The Hall–Kier alpha value is -5.50. The van der Waals surface area contributed by atoms with Gasteiger partial charge in [0.05, 0.1) is 26.8 Å². The van der Waals surface area contributed by atoms with Crippen molar-refractivity contribution in [2.75, 3.05) is 11.9 Å². The minimum atomic E-state index is -0.474. The van der Waals surface area contributed by atoms with Crippen molar-refractivity contribution in [2.24, 2.45) is 5.92 Å². The molecule has 0 radical (unpaired) electrons. The van der Waals surface area contributed by atoms with E-state index in [2.05, 4.69) is 15.6 Å². The number of amides is 2. The SMILES string of the molecule is O=C(NCC1CCCCC1)c1c(Cl)cccc1NC(=O)c1cccc2ccccc12.O=c1oc(-c2cccc3ccccc23)nc2cccc(Cl)c12. The van der Waals surface area contributed by atoms with Gasteiger partial charge < -0.3 is 15.1 Å². The molecule has 1 aliphatic rings. The van der Waals surface area contributed by atoms with Crippen molar-refractivity contribution in [2.45, 2.75) is 32.1 Å². The number of hydrogen-bond donors (Lipinski definition) is 2. The van der Waals surface area contributed by atoms with Crippen molar-refractivity contribution in [3.05, 3.63) is 153 Å². The third-order valence-electron chi connectivity index (χ3n) is 9.43. The number of aromatic nitrogens is 1. The predicted molar refractivity (Wildman–Crippen MR) is 210 cm³/mol. The maximum absolute atomic E-state index is 13.0. The van der Waals surface area contributed by atoms with Gasteiger partial charge in [0.2, 0.25) is 5.89 Å². The highest BCUT2D eigenvalue weighted by atomic mass is 35.5. The van der Waals surface area contributed by atoms with E-state index in [9.17, 15) is 14.4 Å². The summed E-state index contributed by atoms with van der Waals surface area (Å²) in [4.78, 5) is 42.7. The van der Waals surface area contributed by atoms with Crippen LogP contribution in [0.15, 0.2) is 131 Å². The summed E-state index contributed by atoms with van der Waals surface area (Å²) >= 11 is 12.4. The zero-order valence-electron chi connectivity index (χ0n) is 28.2. The van der Waals surface area contributed by atoms with Crippen molar-refractivity contribution >= 4 is 73.2 Å². The predicted octanol–water partition coefficient (Wildman–Crippen LogP) is 10.7. The molecule has 1 heterocycles. The molecule has 9 heteroatoms. The van der Waals surface area contributed by atoms with Crippen LogP contribution in [0.2, 0.25) is 10.0 Å². The van der Waals surface area contributed by atoms with Crippen molar-refractivity contribution in [1.29, 1.82) is 0 Å². The Morgan fingerprint density at radius 3 is 2.12 bits per heavy atom. The van der Waals surface area contributed by atoms with Gasteiger partial charge in [0.15, 0.2) is 0 Å². The fourth-order valence-corrected chi connectivity index (χ4v) is 7.30. The Balaban J connectivity index is 0.000000169. The molecule has 0 bridgehead atoms. The molecular formula is C43H35Cl2N3O4. The lowest BCUT2D eigenvalue weighted by Gasteiger charge is -2.22. The number of hydrogen-bond acceptors (Lipinski definition) is 5. The first-order valence-electron chi connectivity index (χ1n) is 17.3. The largest absolute Gasteiger partial charge is 0.403 e. The van der Waals surface area contributed by atoms with Gasteiger partial charge in [0.25, 0.3) is 11.8 Å². The first-order valence-corrected chi connectivity index (χ1v) is 18.1. The topological polar surface area (TPSA) is 101 Å². The minimum absolute atomic E-state index is 0.251. The number of fused-ring (bicyclic) bond motifs is 3. The highest BCUT2D eigenvalue weighted by Gasteiger charge is 2.21. The molecule has 1 saturated carbocycles. The molecule has 2 N–H and O–H groups in total. The summed E-state index contributed by atoms with van der Waals surface area (Å²) in [6.07, 6.45) is 6.01. The van der Waals surface area contributed by atoms with Crippen LogP contribution in [0.4, 0.5) is 5.69 Å². The van der Waals surface area contributed by atoms with Crippen molar-refractivity contribution in [3.8, 4) is 11.5 Å². The van der Waals surface area contributed by atoms with Gasteiger partial charge in [-0.2, -0.15) is 0 Å². The molecule has 7 nitrogen and oxygen atoms in total. The number of carbonyl (C=O) groups is 2. The first kappa shape index (κ1) is 34.9. The number of nitrogens with one attached hydrogen (secondary N) is 2. The average Bonchev–Trinajstić information content (AvgIpc) is 3.17. The summed E-state index contributed by atoms with van der Waals surface area (Å²) in [6.45, 7) is 0.640. The Morgan fingerprint density at radius 2 is 1.33 bits per heavy atom. The second kappa shape index (κ2) is 15.8. The number of halogens is 2. The van der Waals surface area contributed by atoms with Crippen LogP contribution in [0.5, 0.6) is 0 Å². The number of benzene rings is 6. The summed E-state index contributed by atoms with van der Waals surface area (Å²) < 4.78 is 5.41. The lowest BCUT2D eigenvalue weighted by molar-refractivity contribution is 0.0944. The summed E-state index contributed by atoms with van der Waals surface area (Å²) in [5.41, 5.74) is 2.13. The van der Waals surface area contributed by atoms with Crippen LogP contribution in [0.3, 0.4) is 0 Å². The molecular weight excluding hydrogens is 693 g/mol. The second-order valence-electron chi connectivity index (χ2n) is 12.8. The highest BCUT2D eigenvalue weighted by molar-refractivity contribution is 6.35. The van der Waals surface area contributed by atoms with Crippen LogP contribution in [-0.2, 0) is 0 Å². The number of nitrogens with zero attached hydrogens (tertiary/aromatic N) is 1. The third kappa shape index (κ3) is 7.57. The van der Waals surface area contributed by atoms with Gasteiger partial charge >= 0.3 is 5.63 Å². The van der Waals surface area contributed by atoms with Gasteiger partial charge in [-0.1, -0.05) is 127 Å². The normalized spacial score (nSPS) is 13.0. The maximum atomic E-state index is 13.0. The highest BCUT2D eigenvalue weighted by Crippen LogP contribution is 2.30. The van der Waals surface area contributed by atoms with E-state index < -0.39 is 5.63 Å². The molecule has 8 rings (SSSR count). The molecule has 260 valence electrons. The molecule has 2 amide bonds. The van der Waals surface area contributed by atoms with E-state index >= 15 is 0 Å². The van der Waals surface area contributed by atoms with E-state index in [1.165, 1.54) is 19.3 Å². The van der Waals surface area contributed by atoms with Gasteiger partial charge in [0, 0.05) is 17.7 Å². The Labute approximate surface area is 310 Å². The fraction of sp³-hybridized carbons (Fsp3) is 0.163. The zero-order chi connectivity index (χ0) is 36.0. The lowest BCUT2D eigenvalue weighted by Crippen LogP contribution is -2.31. The van der Waals surface area contributed by atoms with E-state index in [1.807, 2.05) is 78.9 Å². The fourth-order valence-electron chi connectivity index (χ4n) is 6.79. The van der Waals surface area contributed by atoms with Gasteiger partial charge in [-0.05, 0) is 76.7 Å². The van der Waals surface area contributed by atoms with Gasteiger partial charge in [-0.25, -0.2) is 9.78 Å². The van der Waals surface area contributed by atoms with Crippen LogP contribution in [-0.4, -0.2) is 23.3 Å². The Bertz CT molecular complexity index is 2480. The van der Waals surface area contributed by atoms with E-state index in [-0.39, 0.29) is 11.8 Å². The average molecular weight is 729 g/mol. The van der Waals surface area contributed by atoms with Crippen LogP contribution in [0.1, 0.15) is 52.8 Å². The second-order valence-corrected chi connectivity index (χ2v) is 13.6. The van der Waals surface area contributed by atoms with Gasteiger partial charge in [0.1, 0.15) is 5.39 Å². The maximum Gasteiger partial charge on any atom is 0.348 e.